The summed E-state index contributed by atoms with van der Waals surface area (Å²) >= 11 is 10.1. The molecule has 8 atom stereocenters. The van der Waals surface area contributed by atoms with Crippen LogP contribution in [0.2, 0.25) is 0 Å². The zero-order valence-electron chi connectivity index (χ0n) is 22.2. The molecule has 6 rings (SSSR count). The number of alkyl halides is 1. The van der Waals surface area contributed by atoms with Crippen molar-refractivity contribution in [1.29, 1.82) is 0 Å². The van der Waals surface area contributed by atoms with Gasteiger partial charge in [-0.1, -0.05) is 12.2 Å². The van der Waals surface area contributed by atoms with E-state index in [1.54, 1.807) is 11.6 Å². The van der Waals surface area contributed by atoms with Crippen molar-refractivity contribution < 1.29 is 28.4 Å². The zero-order chi connectivity index (χ0) is 29.8. The summed E-state index contributed by atoms with van der Waals surface area (Å²) in [5.41, 5.74) is 3.38. The number of aryl methyl sites for hydroxylation is 1. The van der Waals surface area contributed by atoms with Crippen LogP contribution in [-0.4, -0.2) is 86.0 Å². The Balaban J connectivity index is 1.19. The van der Waals surface area contributed by atoms with Gasteiger partial charge in [0.25, 0.3) is 5.56 Å². The molecule has 226 valence electrons. The van der Waals surface area contributed by atoms with Crippen molar-refractivity contribution in [3.05, 3.63) is 35.7 Å². The molecule has 1 saturated carbocycles. The fourth-order valence-electron chi connectivity index (χ4n) is 5.53. The number of rotatable bonds is 9. The van der Waals surface area contributed by atoms with Crippen LogP contribution in [-0.2, 0) is 32.6 Å². The highest BCUT2D eigenvalue weighted by atomic mass is 32.9. The number of nitrogens with two attached hydrogens (primary N) is 1. The van der Waals surface area contributed by atoms with Gasteiger partial charge in [0, 0.05) is 19.7 Å². The van der Waals surface area contributed by atoms with Crippen LogP contribution in [0.1, 0.15) is 38.0 Å². The molecule has 19 heteroatoms. The van der Waals surface area contributed by atoms with Crippen molar-refractivity contribution in [3.63, 3.8) is 0 Å². The number of aromatic nitrogens is 8. The van der Waals surface area contributed by atoms with Crippen LogP contribution in [0.15, 0.2) is 30.1 Å². The summed E-state index contributed by atoms with van der Waals surface area (Å²) in [7, 11) is 1.59. The average molecular weight is 642 g/mol. The monoisotopic (exact) mass is 641 g/mol. The maximum absolute atomic E-state index is 16.1. The van der Waals surface area contributed by atoms with Gasteiger partial charge in [0.15, 0.2) is 35.0 Å². The second-order valence-corrected chi connectivity index (χ2v) is 15.5. The highest BCUT2D eigenvalue weighted by Gasteiger charge is 2.50. The molecule has 1 aliphatic heterocycles. The Morgan fingerprint density at radius 1 is 1.14 bits per heavy atom. The Morgan fingerprint density at radius 3 is 2.67 bits per heavy atom. The third-order valence-corrected chi connectivity index (χ3v) is 9.71. The van der Waals surface area contributed by atoms with Crippen LogP contribution in [0.3, 0.4) is 0 Å². The number of hydrogen-bond acceptors (Lipinski definition) is 13. The second kappa shape index (κ2) is 11.5. The van der Waals surface area contributed by atoms with E-state index in [9.17, 15) is 15.0 Å². The molecule has 0 spiro atoms. The van der Waals surface area contributed by atoms with Gasteiger partial charge in [-0.3, -0.25) is 9.36 Å². The van der Waals surface area contributed by atoms with E-state index in [0.717, 1.165) is 0 Å². The van der Waals surface area contributed by atoms with Gasteiger partial charge in [-0.15, -0.1) is 0 Å². The molecule has 4 N–H and O–H groups in total. The standard InChI is InChI=1S/C23H29FN9O6PS2/c1-31-8-30-21-17(22(31)36)29-9-32(21)11-5-12(35)14(6-11)38-40(41,42)39-18-13(3-2-4-34)37-23(15(18)24)33-10-28-16-19(25)26-7-27-20(16)33/h7-15,18,23,34-35H,2-6H2,1H3,(H,41,42)(H2,25,26,27)/t11-,12-,13+,14-,15+,18+,23+/m0/s1. The summed E-state index contributed by atoms with van der Waals surface area (Å²) in [6, 6.07) is -0.285. The van der Waals surface area contributed by atoms with E-state index in [2.05, 4.69) is 37.2 Å². The maximum atomic E-state index is 16.1. The van der Waals surface area contributed by atoms with Gasteiger partial charge in [-0.25, -0.2) is 29.3 Å². The molecule has 2 fully saturated rings. The average Bonchev–Trinajstić information content (AvgIpc) is 3.72. The number of imidazole rings is 2. The van der Waals surface area contributed by atoms with Gasteiger partial charge < -0.3 is 38.9 Å². The minimum atomic E-state index is -3.44. The van der Waals surface area contributed by atoms with Crippen LogP contribution < -0.4 is 11.3 Å². The van der Waals surface area contributed by atoms with Crippen molar-refractivity contribution >= 4 is 57.9 Å². The number of hydrogen-bond donors (Lipinski definition) is 4. The van der Waals surface area contributed by atoms with Gasteiger partial charge >= 0.3 is 0 Å². The number of halogens is 1. The quantitative estimate of drug-likeness (QED) is 0.151. The van der Waals surface area contributed by atoms with Crippen LogP contribution >= 0.6 is 17.9 Å². The zero-order valence-corrected chi connectivity index (χ0v) is 24.9. The topological polar surface area (TPSA) is 190 Å². The predicted octanol–water partition coefficient (Wildman–Crippen LogP) is 1.18. The van der Waals surface area contributed by atoms with Crippen molar-refractivity contribution in [2.24, 2.45) is 7.05 Å². The van der Waals surface area contributed by atoms with Gasteiger partial charge in [0.1, 0.15) is 17.9 Å². The minimum Gasteiger partial charge on any atom is -0.396 e. The van der Waals surface area contributed by atoms with Gasteiger partial charge in [-0.2, -0.15) is 0 Å². The molecule has 1 unspecified atom stereocenters. The smallest absolute Gasteiger partial charge is 0.281 e. The van der Waals surface area contributed by atoms with E-state index in [4.69, 9.17) is 31.3 Å². The fourth-order valence-corrected chi connectivity index (χ4v) is 8.03. The third-order valence-electron chi connectivity index (χ3n) is 7.58. The second-order valence-electron chi connectivity index (χ2n) is 10.3. The van der Waals surface area contributed by atoms with Crippen LogP contribution in [0.4, 0.5) is 10.2 Å². The molecule has 4 aromatic heterocycles. The van der Waals surface area contributed by atoms with Crippen molar-refractivity contribution in [3.8, 4) is 0 Å². The first-order valence-electron chi connectivity index (χ1n) is 13.2. The Kier molecular flexibility index (Phi) is 8.08. The first-order chi connectivity index (χ1) is 20.1. The SMILES string of the molecule is Cn1cnc2c(ncn2[C@@H]2C[C@H](OP(=S)(S)O[C@H]3[C@@H](F)[C@H](n4cnc5c(N)ncnc54)O[C@@H]3CCCO)[C@@H](O)C2)c1=O. The van der Waals surface area contributed by atoms with Crippen LogP contribution in [0.25, 0.3) is 22.3 Å². The van der Waals surface area contributed by atoms with Gasteiger partial charge in [0.2, 0.25) is 5.69 Å². The lowest BCUT2D eigenvalue weighted by Crippen LogP contribution is -2.32. The molecular weight excluding hydrogens is 612 g/mol. The lowest BCUT2D eigenvalue weighted by atomic mass is 10.1. The number of nitrogens with zero attached hydrogens (tertiary/aromatic N) is 8. The number of nitrogen functional groups attached to an aromatic ring is 1. The summed E-state index contributed by atoms with van der Waals surface area (Å²) in [6.45, 7) is -0.128. The number of aliphatic hydroxyl groups excluding tert-OH is 2. The summed E-state index contributed by atoms with van der Waals surface area (Å²) in [6.07, 6.45) is 0.167. The minimum absolute atomic E-state index is 0.128. The molecule has 2 aliphatic rings. The lowest BCUT2D eigenvalue weighted by Gasteiger charge is -2.28. The van der Waals surface area contributed by atoms with Crippen LogP contribution in [0, 0.1) is 0 Å². The fraction of sp³-hybridized carbons (Fsp3) is 0.565. The van der Waals surface area contributed by atoms with Crippen molar-refractivity contribution in [2.45, 2.75) is 68.5 Å². The van der Waals surface area contributed by atoms with E-state index in [1.807, 2.05) is 0 Å². The lowest BCUT2D eigenvalue weighted by molar-refractivity contribution is -0.0269. The Morgan fingerprint density at radius 2 is 1.88 bits per heavy atom. The molecule has 1 saturated heterocycles. The normalized spacial score (nSPS) is 29.5. The summed E-state index contributed by atoms with van der Waals surface area (Å²) in [4.78, 5) is 33.2. The van der Waals surface area contributed by atoms with Crippen molar-refractivity contribution in [2.75, 3.05) is 12.3 Å². The largest absolute Gasteiger partial charge is 0.396 e. The number of aliphatic hydroxyl groups is 2. The molecule has 0 amide bonds. The van der Waals surface area contributed by atoms with Gasteiger partial charge in [-0.05, 0) is 37.5 Å². The highest BCUT2D eigenvalue weighted by molar-refractivity contribution is 8.60. The van der Waals surface area contributed by atoms with Crippen molar-refractivity contribution in [1.82, 2.24) is 38.6 Å². The van der Waals surface area contributed by atoms with E-state index in [0.29, 0.717) is 24.0 Å². The Hall–Kier alpha value is -2.57. The summed E-state index contributed by atoms with van der Waals surface area (Å²) in [5.74, 6) is 0.145. The first-order valence-corrected chi connectivity index (χ1v) is 17.0. The molecule has 4 aromatic rings. The Labute approximate surface area is 248 Å². The number of thiol groups is 1. The van der Waals surface area contributed by atoms with Crippen LogP contribution in [0.5, 0.6) is 0 Å². The number of anilines is 1. The third kappa shape index (κ3) is 5.34. The summed E-state index contributed by atoms with van der Waals surface area (Å²) in [5, 5.41) is 20.2. The predicted molar refractivity (Wildman–Crippen MR) is 155 cm³/mol. The Bertz CT molecular complexity index is 1720. The number of ether oxygens (including phenoxy) is 1. The molecule has 42 heavy (non-hydrogen) atoms. The molecule has 0 radical (unpaired) electrons. The molecule has 0 bridgehead atoms. The molecule has 1 aliphatic carbocycles. The maximum Gasteiger partial charge on any atom is 0.281 e. The van der Waals surface area contributed by atoms with Gasteiger partial charge in [0.05, 0.1) is 37.3 Å². The van der Waals surface area contributed by atoms with E-state index in [1.165, 1.54) is 34.4 Å². The van der Waals surface area contributed by atoms with E-state index >= 15 is 4.39 Å². The highest BCUT2D eigenvalue weighted by Crippen LogP contribution is 2.59. The first kappa shape index (κ1) is 29.5. The van der Waals surface area contributed by atoms with E-state index < -0.39 is 42.5 Å². The molecule has 0 aromatic carbocycles. The number of fused-ring (bicyclic) bond motifs is 2. The molecule has 15 nitrogen and oxygen atoms in total. The summed E-state index contributed by atoms with van der Waals surface area (Å²) < 4.78 is 38.6. The molecular formula is C23H29FN9O6PS2. The van der Waals surface area contributed by atoms with E-state index in [-0.39, 0.29) is 48.0 Å². The molecule has 5 heterocycles.